The molecule has 0 unspecified atom stereocenters. The molecule has 170 valence electrons. The molecule has 32 heavy (non-hydrogen) atoms. The van der Waals surface area contributed by atoms with Crippen molar-refractivity contribution >= 4 is 17.9 Å². The summed E-state index contributed by atoms with van der Waals surface area (Å²) >= 11 is 0. The van der Waals surface area contributed by atoms with E-state index in [1.807, 2.05) is 42.2 Å². The van der Waals surface area contributed by atoms with Crippen LogP contribution < -0.4 is 5.32 Å². The summed E-state index contributed by atoms with van der Waals surface area (Å²) in [4.78, 5) is 28.6. The molecule has 8 heteroatoms. The second kappa shape index (κ2) is 10.7. The first kappa shape index (κ1) is 23.1. The largest absolute Gasteiger partial charge is 0.504 e. The van der Waals surface area contributed by atoms with E-state index in [1.54, 1.807) is 6.08 Å². The molecule has 1 aliphatic rings. The van der Waals surface area contributed by atoms with Crippen LogP contribution in [0, 0.1) is 6.92 Å². The van der Waals surface area contributed by atoms with Crippen LogP contribution in [0.4, 0.5) is 0 Å². The van der Waals surface area contributed by atoms with Gasteiger partial charge in [0.2, 0.25) is 5.91 Å². The van der Waals surface area contributed by atoms with E-state index in [9.17, 15) is 24.9 Å². The molecule has 0 bridgehead atoms. The molecule has 0 saturated carbocycles. The highest BCUT2D eigenvalue weighted by molar-refractivity contribution is 5.95. The molecule has 2 aromatic carbocycles. The summed E-state index contributed by atoms with van der Waals surface area (Å²) in [5, 5.41) is 31.1. The van der Waals surface area contributed by atoms with Crippen LogP contribution in [0.5, 0.6) is 17.2 Å². The standard InChI is InChI=1S/C24H29N3O5/c1-17-3-5-18(6-4-17)7-8-22(30)27-13-11-26(12-14-27)10-2-9-25-24(32)19-15-20(28)23(31)21(29)16-19/h3-8,15-16,28-29,31H,2,9-14H2,1H3,(H,25,32)/b8-7+. The number of carbonyl (C=O) groups excluding carboxylic acids is 2. The maximum atomic E-state index is 12.4. The Morgan fingerprint density at radius 1 is 1.00 bits per heavy atom. The fraction of sp³-hybridized carbons (Fsp3) is 0.333. The Morgan fingerprint density at radius 2 is 1.62 bits per heavy atom. The van der Waals surface area contributed by atoms with E-state index in [2.05, 4.69) is 10.2 Å². The fourth-order valence-corrected chi connectivity index (χ4v) is 3.48. The van der Waals surface area contributed by atoms with Crippen LogP contribution in [0.15, 0.2) is 42.5 Å². The summed E-state index contributed by atoms with van der Waals surface area (Å²) in [6.07, 6.45) is 4.18. The SMILES string of the molecule is Cc1ccc(/C=C/C(=O)N2CCN(CCCNC(=O)c3cc(O)c(O)c(O)c3)CC2)cc1. The number of benzene rings is 2. The number of carbonyl (C=O) groups is 2. The second-order valence-electron chi connectivity index (χ2n) is 7.88. The molecule has 4 N–H and O–H groups in total. The van der Waals surface area contributed by atoms with Crippen LogP contribution >= 0.6 is 0 Å². The van der Waals surface area contributed by atoms with Crippen LogP contribution in [0.2, 0.25) is 0 Å². The van der Waals surface area contributed by atoms with Gasteiger partial charge in [-0.3, -0.25) is 14.5 Å². The minimum absolute atomic E-state index is 0.0119. The maximum absolute atomic E-state index is 12.4. The quantitative estimate of drug-likeness (QED) is 0.299. The average Bonchev–Trinajstić information content (AvgIpc) is 2.79. The van der Waals surface area contributed by atoms with Crippen molar-refractivity contribution in [2.24, 2.45) is 0 Å². The van der Waals surface area contributed by atoms with E-state index < -0.39 is 23.2 Å². The third-order valence-electron chi connectivity index (χ3n) is 5.45. The van der Waals surface area contributed by atoms with Crippen LogP contribution in [0.1, 0.15) is 27.9 Å². The summed E-state index contributed by atoms with van der Waals surface area (Å²) in [7, 11) is 0. The van der Waals surface area contributed by atoms with Crippen molar-refractivity contribution in [1.82, 2.24) is 15.1 Å². The normalized spacial score (nSPS) is 14.6. The van der Waals surface area contributed by atoms with Gasteiger partial charge in [-0.05, 0) is 43.7 Å². The molecule has 0 spiro atoms. The van der Waals surface area contributed by atoms with E-state index in [-0.39, 0.29) is 11.5 Å². The summed E-state index contributed by atoms with van der Waals surface area (Å²) in [5.41, 5.74) is 2.26. The van der Waals surface area contributed by atoms with Gasteiger partial charge in [-0.25, -0.2) is 0 Å². The van der Waals surface area contributed by atoms with Crippen molar-refractivity contribution < 1.29 is 24.9 Å². The highest BCUT2D eigenvalue weighted by atomic mass is 16.3. The van der Waals surface area contributed by atoms with E-state index in [1.165, 1.54) is 5.56 Å². The number of rotatable bonds is 7. The van der Waals surface area contributed by atoms with Crippen LogP contribution in [0.25, 0.3) is 6.08 Å². The molecule has 1 fully saturated rings. The van der Waals surface area contributed by atoms with Gasteiger partial charge in [-0.1, -0.05) is 29.8 Å². The van der Waals surface area contributed by atoms with Gasteiger partial charge in [0, 0.05) is 44.4 Å². The average molecular weight is 440 g/mol. The van der Waals surface area contributed by atoms with Gasteiger partial charge < -0.3 is 25.5 Å². The lowest BCUT2D eigenvalue weighted by molar-refractivity contribution is -0.127. The molecule has 1 saturated heterocycles. The molecule has 1 aliphatic heterocycles. The van der Waals surface area contributed by atoms with Crippen LogP contribution in [-0.2, 0) is 4.79 Å². The van der Waals surface area contributed by atoms with Crippen molar-refractivity contribution in [2.75, 3.05) is 39.3 Å². The summed E-state index contributed by atoms with van der Waals surface area (Å²) < 4.78 is 0. The lowest BCUT2D eigenvalue weighted by atomic mass is 10.1. The van der Waals surface area contributed by atoms with Gasteiger partial charge >= 0.3 is 0 Å². The Balaban J connectivity index is 1.36. The third-order valence-corrected chi connectivity index (χ3v) is 5.45. The number of aromatic hydroxyl groups is 3. The van der Waals surface area contributed by atoms with Gasteiger partial charge in [0.25, 0.3) is 5.91 Å². The fourth-order valence-electron chi connectivity index (χ4n) is 3.48. The number of amides is 2. The molecule has 1 heterocycles. The minimum Gasteiger partial charge on any atom is -0.504 e. The number of nitrogens with one attached hydrogen (secondary N) is 1. The summed E-state index contributed by atoms with van der Waals surface area (Å²) in [6, 6.07) is 10.2. The number of piperazine rings is 1. The molecule has 0 aromatic heterocycles. The van der Waals surface area contributed by atoms with E-state index in [4.69, 9.17) is 0 Å². The van der Waals surface area contributed by atoms with Gasteiger partial charge in [-0.15, -0.1) is 0 Å². The molecule has 0 aliphatic carbocycles. The molecule has 2 amide bonds. The van der Waals surface area contributed by atoms with E-state index in [0.29, 0.717) is 19.6 Å². The van der Waals surface area contributed by atoms with E-state index >= 15 is 0 Å². The van der Waals surface area contributed by atoms with E-state index in [0.717, 1.165) is 43.8 Å². The lowest BCUT2D eigenvalue weighted by Crippen LogP contribution is -2.48. The Bertz CT molecular complexity index is 957. The number of hydrogen-bond acceptors (Lipinski definition) is 6. The smallest absolute Gasteiger partial charge is 0.251 e. The Kier molecular flexibility index (Phi) is 7.72. The van der Waals surface area contributed by atoms with Gasteiger partial charge in [0.05, 0.1) is 0 Å². The van der Waals surface area contributed by atoms with Crippen LogP contribution in [0.3, 0.4) is 0 Å². The van der Waals surface area contributed by atoms with Crippen molar-refractivity contribution in [3.05, 3.63) is 59.2 Å². The number of nitrogens with zero attached hydrogens (tertiary/aromatic N) is 2. The van der Waals surface area contributed by atoms with Gasteiger partial charge in [0.15, 0.2) is 17.2 Å². The first-order chi connectivity index (χ1) is 15.3. The molecular weight excluding hydrogens is 410 g/mol. The third kappa shape index (κ3) is 6.24. The van der Waals surface area contributed by atoms with Gasteiger partial charge in [0.1, 0.15) is 0 Å². The molecular formula is C24H29N3O5. The zero-order valence-electron chi connectivity index (χ0n) is 18.1. The highest BCUT2D eigenvalue weighted by Gasteiger charge is 2.19. The number of phenolic OH excluding ortho intramolecular Hbond substituents is 3. The highest BCUT2D eigenvalue weighted by Crippen LogP contribution is 2.35. The van der Waals surface area contributed by atoms with Crippen molar-refractivity contribution in [2.45, 2.75) is 13.3 Å². The Labute approximate surface area is 187 Å². The minimum atomic E-state index is -0.648. The summed E-state index contributed by atoms with van der Waals surface area (Å²) in [5.74, 6) is -2.17. The first-order valence-electron chi connectivity index (χ1n) is 10.6. The predicted octanol–water partition coefficient (Wildman–Crippen LogP) is 2.09. The Morgan fingerprint density at radius 3 is 2.25 bits per heavy atom. The molecule has 8 nitrogen and oxygen atoms in total. The second-order valence-corrected chi connectivity index (χ2v) is 7.88. The van der Waals surface area contributed by atoms with Crippen LogP contribution in [-0.4, -0.2) is 76.2 Å². The predicted molar refractivity (Wildman–Crippen MR) is 122 cm³/mol. The molecule has 2 aromatic rings. The van der Waals surface area contributed by atoms with Gasteiger partial charge in [-0.2, -0.15) is 0 Å². The zero-order chi connectivity index (χ0) is 23.1. The number of aryl methyl sites for hydroxylation is 1. The number of hydrogen-bond donors (Lipinski definition) is 4. The van der Waals surface area contributed by atoms with Crippen molar-refractivity contribution in [1.29, 1.82) is 0 Å². The maximum Gasteiger partial charge on any atom is 0.251 e. The number of phenols is 3. The molecule has 3 rings (SSSR count). The zero-order valence-corrected chi connectivity index (χ0v) is 18.1. The molecule has 0 radical (unpaired) electrons. The first-order valence-corrected chi connectivity index (χ1v) is 10.6. The lowest BCUT2D eigenvalue weighted by Gasteiger charge is -2.34. The topological polar surface area (TPSA) is 113 Å². The van der Waals surface area contributed by atoms with Crippen molar-refractivity contribution in [3.8, 4) is 17.2 Å². The Hall–Kier alpha value is -3.52. The molecule has 0 atom stereocenters. The monoisotopic (exact) mass is 439 g/mol. The van der Waals surface area contributed by atoms with Crippen molar-refractivity contribution in [3.63, 3.8) is 0 Å². The summed E-state index contributed by atoms with van der Waals surface area (Å²) in [6.45, 7) is 6.12.